The molecule has 0 aromatic carbocycles. The number of hydrogen-bond donors (Lipinski definition) is 2. The molecule has 18 heavy (non-hydrogen) atoms. The molecule has 0 unspecified atom stereocenters. The molecule has 0 aliphatic carbocycles. The highest BCUT2D eigenvalue weighted by molar-refractivity contribution is 7.98. The molecule has 0 spiro atoms. The second-order valence-electron chi connectivity index (χ2n) is 3.76. The largest absolute Gasteiger partial charge is 0.382 e. The Balaban J connectivity index is 2.67. The summed E-state index contributed by atoms with van der Waals surface area (Å²) < 4.78 is 27.7. The maximum atomic E-state index is 11.9. The Labute approximate surface area is 117 Å². The summed E-state index contributed by atoms with van der Waals surface area (Å²) in [5.74, 6) is 1.26. The van der Waals surface area contributed by atoms with Crippen LogP contribution in [-0.2, 0) is 9.84 Å². The molecule has 0 bridgehead atoms. The van der Waals surface area contributed by atoms with Crippen molar-refractivity contribution in [3.63, 3.8) is 0 Å². The number of anilines is 2. The zero-order valence-corrected chi connectivity index (χ0v) is 13.1. The van der Waals surface area contributed by atoms with E-state index in [-0.39, 0.29) is 16.5 Å². The highest BCUT2D eigenvalue weighted by Gasteiger charge is 2.23. The summed E-state index contributed by atoms with van der Waals surface area (Å²) in [6.45, 7) is 2.35. The molecule has 104 valence electrons. The van der Waals surface area contributed by atoms with E-state index in [0.717, 1.165) is 36.7 Å². The van der Waals surface area contributed by atoms with Crippen LogP contribution in [0.4, 0.5) is 10.8 Å². The Morgan fingerprint density at radius 3 is 2.78 bits per heavy atom. The first-order valence-corrected chi connectivity index (χ1v) is 9.55. The summed E-state index contributed by atoms with van der Waals surface area (Å²) in [5, 5.41) is 3.69. The summed E-state index contributed by atoms with van der Waals surface area (Å²) in [6.07, 6.45) is 4.19. The number of nitrogens with zero attached hydrogens (tertiary/aromatic N) is 1. The topological polar surface area (TPSA) is 85.1 Å². The molecular formula is C10H19N3O2S3. The van der Waals surface area contributed by atoms with E-state index in [2.05, 4.69) is 15.9 Å². The van der Waals surface area contributed by atoms with Gasteiger partial charge in [-0.15, -0.1) is 0 Å². The highest BCUT2D eigenvalue weighted by atomic mass is 32.2. The minimum Gasteiger partial charge on any atom is -0.382 e. The van der Waals surface area contributed by atoms with E-state index in [1.165, 1.54) is 0 Å². The fourth-order valence-electron chi connectivity index (χ4n) is 1.42. The van der Waals surface area contributed by atoms with E-state index in [0.29, 0.717) is 5.00 Å². The molecule has 1 heterocycles. The number of thioether (sulfide) groups is 1. The lowest BCUT2D eigenvalue weighted by atomic mass is 10.3. The highest BCUT2D eigenvalue weighted by Crippen LogP contribution is 2.32. The molecule has 1 aromatic heterocycles. The average Bonchev–Trinajstić information content (AvgIpc) is 2.71. The van der Waals surface area contributed by atoms with Crippen molar-refractivity contribution in [1.82, 2.24) is 4.37 Å². The average molecular weight is 309 g/mol. The van der Waals surface area contributed by atoms with Crippen molar-refractivity contribution in [3.8, 4) is 0 Å². The van der Waals surface area contributed by atoms with Gasteiger partial charge in [-0.05, 0) is 36.4 Å². The Bertz CT molecular complexity index is 471. The summed E-state index contributed by atoms with van der Waals surface area (Å²) in [7, 11) is -3.31. The molecule has 0 aliphatic heterocycles. The SMILES string of the molecule is CCS(=O)(=O)c1c(N)nsc1NCCCCSC. The first kappa shape index (κ1) is 15.6. The number of nitrogen functional groups attached to an aromatic ring is 1. The van der Waals surface area contributed by atoms with Crippen LogP contribution in [0.3, 0.4) is 0 Å². The van der Waals surface area contributed by atoms with Crippen molar-refractivity contribution < 1.29 is 8.42 Å². The normalized spacial score (nSPS) is 11.7. The van der Waals surface area contributed by atoms with Crippen LogP contribution in [0.2, 0.25) is 0 Å². The molecule has 8 heteroatoms. The van der Waals surface area contributed by atoms with Crippen LogP contribution in [0, 0.1) is 0 Å². The Morgan fingerprint density at radius 2 is 2.17 bits per heavy atom. The lowest BCUT2D eigenvalue weighted by Crippen LogP contribution is -2.10. The van der Waals surface area contributed by atoms with Gasteiger partial charge in [-0.1, -0.05) is 6.92 Å². The standard InChI is InChI=1S/C10H19N3O2S3/c1-3-18(14,15)8-9(11)13-17-10(8)12-6-4-5-7-16-2/h12H,3-7H2,1-2H3,(H2,11,13). The number of sulfone groups is 1. The maximum Gasteiger partial charge on any atom is 0.184 e. The molecule has 0 saturated carbocycles. The molecule has 0 atom stereocenters. The summed E-state index contributed by atoms with van der Waals surface area (Å²) in [5.41, 5.74) is 5.63. The van der Waals surface area contributed by atoms with Crippen LogP contribution < -0.4 is 11.1 Å². The van der Waals surface area contributed by atoms with Crippen molar-refractivity contribution in [3.05, 3.63) is 0 Å². The number of nitrogens with two attached hydrogens (primary N) is 1. The minimum atomic E-state index is -3.31. The fourth-order valence-corrected chi connectivity index (χ4v) is 4.11. The molecule has 1 aromatic rings. The third-order valence-electron chi connectivity index (χ3n) is 2.43. The van der Waals surface area contributed by atoms with Crippen LogP contribution >= 0.6 is 23.3 Å². The summed E-state index contributed by atoms with van der Waals surface area (Å²) in [6, 6.07) is 0. The monoisotopic (exact) mass is 309 g/mol. The van der Waals surface area contributed by atoms with Crippen LogP contribution in [0.5, 0.6) is 0 Å². The van der Waals surface area contributed by atoms with Gasteiger partial charge in [0.1, 0.15) is 9.90 Å². The second kappa shape index (κ2) is 7.20. The summed E-state index contributed by atoms with van der Waals surface area (Å²) in [4.78, 5) is 0.167. The van der Waals surface area contributed by atoms with E-state index >= 15 is 0 Å². The quantitative estimate of drug-likeness (QED) is 0.715. The molecule has 0 fully saturated rings. The molecule has 1 rings (SSSR count). The Hall–Kier alpha value is -0.470. The van der Waals surface area contributed by atoms with Crippen LogP contribution in [0.25, 0.3) is 0 Å². The predicted molar refractivity (Wildman–Crippen MR) is 80.4 cm³/mol. The zero-order valence-electron chi connectivity index (χ0n) is 10.6. The van der Waals surface area contributed by atoms with Gasteiger partial charge in [0.05, 0.1) is 5.75 Å². The van der Waals surface area contributed by atoms with Crippen molar-refractivity contribution in [1.29, 1.82) is 0 Å². The van der Waals surface area contributed by atoms with Crippen molar-refractivity contribution in [2.45, 2.75) is 24.7 Å². The Morgan fingerprint density at radius 1 is 1.44 bits per heavy atom. The molecule has 0 saturated heterocycles. The first-order valence-electron chi connectivity index (χ1n) is 5.73. The van der Waals surface area contributed by atoms with Crippen molar-refractivity contribution in [2.75, 3.05) is 35.4 Å². The molecule has 0 amide bonds. The first-order chi connectivity index (χ1) is 8.53. The van der Waals surface area contributed by atoms with E-state index < -0.39 is 9.84 Å². The van der Waals surface area contributed by atoms with Crippen molar-refractivity contribution in [2.24, 2.45) is 0 Å². The van der Waals surface area contributed by atoms with Gasteiger partial charge in [0.2, 0.25) is 0 Å². The lowest BCUT2D eigenvalue weighted by molar-refractivity contribution is 0.598. The third kappa shape index (κ3) is 4.03. The number of nitrogens with one attached hydrogen (secondary N) is 1. The number of unbranched alkanes of at least 4 members (excludes halogenated alkanes) is 1. The smallest absolute Gasteiger partial charge is 0.184 e. The predicted octanol–water partition coefficient (Wildman–Crippen LogP) is 2.07. The second-order valence-corrected chi connectivity index (χ2v) is 7.73. The van der Waals surface area contributed by atoms with Gasteiger partial charge in [0.25, 0.3) is 0 Å². The van der Waals surface area contributed by atoms with E-state index in [1.54, 1.807) is 6.92 Å². The molecule has 0 aliphatic rings. The number of hydrogen-bond acceptors (Lipinski definition) is 7. The van der Waals surface area contributed by atoms with Crippen molar-refractivity contribution >= 4 is 44.0 Å². The maximum absolute atomic E-state index is 11.9. The van der Waals surface area contributed by atoms with Gasteiger partial charge in [-0.2, -0.15) is 16.1 Å². The fraction of sp³-hybridized carbons (Fsp3) is 0.700. The van der Waals surface area contributed by atoms with E-state index in [1.807, 2.05) is 11.8 Å². The van der Waals surface area contributed by atoms with Gasteiger partial charge in [0, 0.05) is 6.54 Å². The van der Waals surface area contributed by atoms with Gasteiger partial charge in [-0.25, -0.2) is 8.42 Å². The molecule has 0 radical (unpaired) electrons. The Kier molecular flexibility index (Phi) is 6.24. The van der Waals surface area contributed by atoms with E-state index in [4.69, 9.17) is 5.73 Å². The van der Waals surface area contributed by atoms with Gasteiger partial charge in [-0.3, -0.25) is 0 Å². The van der Waals surface area contributed by atoms with Gasteiger partial charge < -0.3 is 11.1 Å². The molecular weight excluding hydrogens is 290 g/mol. The minimum absolute atomic E-state index is 0.0385. The number of rotatable bonds is 8. The van der Waals surface area contributed by atoms with Crippen LogP contribution in [-0.4, -0.2) is 37.1 Å². The summed E-state index contributed by atoms with van der Waals surface area (Å²) >= 11 is 2.92. The van der Waals surface area contributed by atoms with Gasteiger partial charge in [0.15, 0.2) is 15.7 Å². The zero-order chi connectivity index (χ0) is 13.6. The number of aromatic nitrogens is 1. The lowest BCUT2D eigenvalue weighted by Gasteiger charge is -2.06. The van der Waals surface area contributed by atoms with E-state index in [9.17, 15) is 8.42 Å². The third-order valence-corrected chi connectivity index (χ3v) is 5.87. The molecule has 5 nitrogen and oxygen atoms in total. The van der Waals surface area contributed by atoms with Crippen LogP contribution in [0.15, 0.2) is 4.90 Å². The van der Waals surface area contributed by atoms with Gasteiger partial charge >= 0.3 is 0 Å². The van der Waals surface area contributed by atoms with Crippen LogP contribution in [0.1, 0.15) is 19.8 Å². The molecule has 3 N–H and O–H groups in total.